The zero-order valence-electron chi connectivity index (χ0n) is 19.0. The maximum Gasteiger partial charge on any atom is 0.247 e. The molecule has 5 aromatic rings. The van der Waals surface area contributed by atoms with E-state index in [-0.39, 0.29) is 12.5 Å². The summed E-state index contributed by atoms with van der Waals surface area (Å²) in [5.41, 5.74) is 4.97. The first-order valence-corrected chi connectivity index (χ1v) is 11.0. The molecule has 0 aliphatic heterocycles. The molecule has 172 valence electrons. The molecule has 5 rings (SSSR count). The van der Waals surface area contributed by atoms with E-state index in [0.29, 0.717) is 23.0 Å². The molecule has 2 aromatic carbocycles. The number of anilines is 1. The second-order valence-corrected chi connectivity index (χ2v) is 7.73. The van der Waals surface area contributed by atoms with Crippen molar-refractivity contribution in [3.05, 3.63) is 97.5 Å². The first-order chi connectivity index (χ1) is 17.2. The van der Waals surface area contributed by atoms with Crippen LogP contribution in [-0.2, 0) is 11.3 Å². The summed E-state index contributed by atoms with van der Waals surface area (Å²) in [6, 6.07) is 24.9. The smallest absolute Gasteiger partial charge is 0.247 e. The number of nitrogens with one attached hydrogen (secondary N) is 1. The molecule has 0 saturated heterocycles. The molecular weight excluding hydrogens is 440 g/mol. The summed E-state index contributed by atoms with van der Waals surface area (Å²) in [5, 5.41) is 11.5. The van der Waals surface area contributed by atoms with Gasteiger partial charge in [0.1, 0.15) is 29.5 Å². The average Bonchev–Trinajstić information content (AvgIpc) is 3.33. The molecule has 0 radical (unpaired) electrons. The van der Waals surface area contributed by atoms with Gasteiger partial charge in [0.25, 0.3) is 0 Å². The third kappa shape index (κ3) is 4.77. The Kier molecular flexibility index (Phi) is 6.25. The van der Waals surface area contributed by atoms with Gasteiger partial charge in [-0.3, -0.25) is 9.78 Å². The number of carbonyl (C=O) groups excluding carboxylic acids is 1. The van der Waals surface area contributed by atoms with Crippen LogP contribution in [0.15, 0.2) is 97.5 Å². The van der Waals surface area contributed by atoms with Crippen molar-refractivity contribution in [2.45, 2.75) is 6.54 Å². The number of aromatic nitrogens is 5. The fraction of sp³-hybridized carbons (Fsp3) is 0.0741. The lowest BCUT2D eigenvalue weighted by atomic mass is 10.0. The summed E-state index contributed by atoms with van der Waals surface area (Å²) in [6.45, 7) is -0.0480. The Morgan fingerprint density at radius 2 is 1.66 bits per heavy atom. The van der Waals surface area contributed by atoms with Gasteiger partial charge in [0.15, 0.2) is 0 Å². The van der Waals surface area contributed by atoms with Crippen molar-refractivity contribution in [1.29, 1.82) is 0 Å². The number of methoxy groups -OCH3 is 1. The number of rotatable bonds is 7. The Bertz CT molecular complexity index is 1430. The number of ether oxygens (including phenoxy) is 1. The molecule has 0 aliphatic rings. The lowest BCUT2D eigenvalue weighted by Gasteiger charge is -2.12. The lowest BCUT2D eigenvalue weighted by molar-refractivity contribution is -0.116. The number of nitrogens with zero attached hydrogens (tertiary/aromatic N) is 5. The van der Waals surface area contributed by atoms with Crippen LogP contribution in [0.3, 0.4) is 0 Å². The number of pyridine rings is 2. The van der Waals surface area contributed by atoms with E-state index in [4.69, 9.17) is 4.74 Å². The largest absolute Gasteiger partial charge is 0.496 e. The molecule has 0 aliphatic carbocycles. The molecule has 0 unspecified atom stereocenters. The fourth-order valence-corrected chi connectivity index (χ4v) is 3.82. The summed E-state index contributed by atoms with van der Waals surface area (Å²) in [4.78, 5) is 21.4. The third-order valence-electron chi connectivity index (χ3n) is 5.48. The van der Waals surface area contributed by atoms with Crippen LogP contribution in [0.5, 0.6) is 5.75 Å². The Balaban J connectivity index is 1.42. The van der Waals surface area contributed by atoms with E-state index in [1.54, 1.807) is 36.4 Å². The third-order valence-corrected chi connectivity index (χ3v) is 5.48. The highest BCUT2D eigenvalue weighted by molar-refractivity contribution is 5.91. The molecule has 3 aromatic heterocycles. The summed E-state index contributed by atoms with van der Waals surface area (Å²) in [5.74, 6) is 0.847. The van der Waals surface area contributed by atoms with E-state index in [1.165, 1.54) is 0 Å². The first kappa shape index (κ1) is 22.0. The monoisotopic (exact) mass is 462 g/mol. The molecule has 8 heteroatoms. The van der Waals surface area contributed by atoms with Crippen molar-refractivity contribution in [3.63, 3.8) is 0 Å². The van der Waals surface area contributed by atoms with Crippen LogP contribution in [0.4, 0.5) is 5.82 Å². The Labute approximate surface area is 202 Å². The predicted octanol–water partition coefficient (Wildman–Crippen LogP) is 4.72. The van der Waals surface area contributed by atoms with Crippen molar-refractivity contribution in [2.24, 2.45) is 0 Å². The number of carbonyl (C=O) groups is 1. The van der Waals surface area contributed by atoms with E-state index in [9.17, 15) is 4.79 Å². The second-order valence-electron chi connectivity index (χ2n) is 7.73. The molecular formula is C27H22N6O2. The van der Waals surface area contributed by atoms with E-state index in [0.717, 1.165) is 22.3 Å². The first-order valence-electron chi connectivity index (χ1n) is 11.0. The Morgan fingerprint density at radius 1 is 0.886 bits per heavy atom. The van der Waals surface area contributed by atoms with Gasteiger partial charge in [0, 0.05) is 35.3 Å². The molecule has 0 bridgehead atoms. The van der Waals surface area contributed by atoms with Crippen LogP contribution in [0.1, 0.15) is 0 Å². The fourth-order valence-electron chi connectivity index (χ4n) is 3.82. The van der Waals surface area contributed by atoms with Gasteiger partial charge in [-0.1, -0.05) is 47.7 Å². The normalized spacial score (nSPS) is 10.7. The number of amides is 1. The van der Waals surface area contributed by atoms with Gasteiger partial charge in [-0.05, 0) is 42.0 Å². The standard InChI is InChI=1S/C27H22N6O2/c1-35-23-10-6-5-9-22(23)27-26(20-13-15-28-16-14-20)31-32-33(27)18-25(34)30-24-12-11-21(17-29-24)19-7-3-2-4-8-19/h2-17H,18H2,1H3,(H,29,30,34). The van der Waals surface area contributed by atoms with Crippen LogP contribution < -0.4 is 10.1 Å². The zero-order valence-corrected chi connectivity index (χ0v) is 19.0. The molecule has 35 heavy (non-hydrogen) atoms. The van der Waals surface area contributed by atoms with Crippen LogP contribution in [0, 0.1) is 0 Å². The quantitative estimate of drug-likeness (QED) is 0.376. The van der Waals surface area contributed by atoms with E-state index in [2.05, 4.69) is 25.6 Å². The summed E-state index contributed by atoms with van der Waals surface area (Å²) >= 11 is 0. The van der Waals surface area contributed by atoms with Gasteiger partial charge >= 0.3 is 0 Å². The molecule has 0 saturated carbocycles. The Hall–Kier alpha value is -4.85. The van der Waals surface area contributed by atoms with Gasteiger partial charge in [-0.25, -0.2) is 9.67 Å². The van der Waals surface area contributed by atoms with Crippen molar-refractivity contribution in [2.75, 3.05) is 12.4 Å². The maximum atomic E-state index is 12.9. The zero-order chi connectivity index (χ0) is 24.0. The highest BCUT2D eigenvalue weighted by Gasteiger charge is 2.21. The minimum Gasteiger partial charge on any atom is -0.496 e. The molecule has 0 fully saturated rings. The van der Waals surface area contributed by atoms with Gasteiger partial charge in [-0.2, -0.15) is 0 Å². The summed E-state index contributed by atoms with van der Waals surface area (Å²) in [7, 11) is 1.61. The van der Waals surface area contributed by atoms with Crippen LogP contribution in [0.25, 0.3) is 33.6 Å². The molecule has 3 heterocycles. The molecule has 1 amide bonds. The SMILES string of the molecule is COc1ccccc1-c1c(-c2ccncc2)nnn1CC(=O)Nc1ccc(-c2ccccc2)cn1. The number of para-hydroxylation sites is 1. The van der Waals surface area contributed by atoms with Crippen LogP contribution in [0.2, 0.25) is 0 Å². The number of benzene rings is 2. The molecule has 8 nitrogen and oxygen atoms in total. The van der Waals surface area contributed by atoms with E-state index >= 15 is 0 Å². The number of hydrogen-bond acceptors (Lipinski definition) is 6. The Morgan fingerprint density at radius 3 is 2.40 bits per heavy atom. The lowest BCUT2D eigenvalue weighted by Crippen LogP contribution is -2.20. The van der Waals surface area contributed by atoms with Crippen molar-refractivity contribution >= 4 is 11.7 Å². The highest BCUT2D eigenvalue weighted by atomic mass is 16.5. The summed E-state index contributed by atoms with van der Waals surface area (Å²) in [6.07, 6.45) is 5.12. The number of hydrogen-bond donors (Lipinski definition) is 1. The average molecular weight is 463 g/mol. The van der Waals surface area contributed by atoms with Crippen molar-refractivity contribution in [3.8, 4) is 39.4 Å². The minimum atomic E-state index is -0.271. The molecule has 1 N–H and O–H groups in total. The minimum absolute atomic E-state index is 0.0480. The van der Waals surface area contributed by atoms with E-state index < -0.39 is 0 Å². The van der Waals surface area contributed by atoms with Crippen molar-refractivity contribution in [1.82, 2.24) is 25.0 Å². The van der Waals surface area contributed by atoms with Crippen LogP contribution in [-0.4, -0.2) is 38.0 Å². The second kappa shape index (κ2) is 9.96. The van der Waals surface area contributed by atoms with Crippen molar-refractivity contribution < 1.29 is 9.53 Å². The molecule has 0 spiro atoms. The van der Waals surface area contributed by atoms with Gasteiger partial charge < -0.3 is 10.1 Å². The highest BCUT2D eigenvalue weighted by Crippen LogP contribution is 2.35. The van der Waals surface area contributed by atoms with Crippen LogP contribution >= 0.6 is 0 Å². The predicted molar refractivity (Wildman–Crippen MR) is 134 cm³/mol. The van der Waals surface area contributed by atoms with Gasteiger partial charge in [0.05, 0.1) is 7.11 Å². The van der Waals surface area contributed by atoms with E-state index in [1.807, 2.05) is 72.8 Å². The summed E-state index contributed by atoms with van der Waals surface area (Å²) < 4.78 is 7.14. The molecule has 0 atom stereocenters. The maximum absolute atomic E-state index is 12.9. The topological polar surface area (TPSA) is 94.8 Å². The van der Waals surface area contributed by atoms with Gasteiger partial charge in [0.2, 0.25) is 5.91 Å². The van der Waals surface area contributed by atoms with Gasteiger partial charge in [-0.15, -0.1) is 5.10 Å².